The lowest BCUT2D eigenvalue weighted by Gasteiger charge is -2.23. The van der Waals surface area contributed by atoms with E-state index in [1.807, 2.05) is 24.3 Å². The van der Waals surface area contributed by atoms with E-state index in [1.165, 1.54) is 28.6 Å². The molecule has 2 amide bonds. The van der Waals surface area contributed by atoms with Crippen LogP contribution in [0.25, 0.3) is 10.4 Å². The Balaban J connectivity index is 1.42. The third kappa shape index (κ3) is 4.20. The highest BCUT2D eigenvalue weighted by molar-refractivity contribution is 7.13. The lowest BCUT2D eigenvalue weighted by atomic mass is 10.1. The molecule has 170 valence electrons. The fourth-order valence-corrected chi connectivity index (χ4v) is 5.47. The average Bonchev–Trinajstić information content (AvgIpc) is 3.23. The predicted octanol–water partition coefficient (Wildman–Crippen LogP) is 7.32. The molecule has 0 unspecified atom stereocenters. The smallest absolute Gasteiger partial charge is 0.259 e. The predicted molar refractivity (Wildman–Crippen MR) is 136 cm³/mol. The molecule has 0 spiro atoms. The van der Waals surface area contributed by atoms with E-state index in [0.717, 1.165) is 23.7 Å². The summed E-state index contributed by atoms with van der Waals surface area (Å²) in [6.07, 6.45) is 0.736. The SMILES string of the molecule is O=C(Nc1ccc(C(=O)N2CCc3ccsc3-c3ccccc32)c(Cl)c1)c1cc(F)ccc1Cl. The second-order valence-corrected chi connectivity index (χ2v) is 9.50. The number of fused-ring (bicyclic) bond motifs is 3. The van der Waals surface area contributed by atoms with Crippen molar-refractivity contribution in [1.82, 2.24) is 0 Å². The zero-order valence-corrected chi connectivity index (χ0v) is 20.0. The third-order valence-electron chi connectivity index (χ3n) is 5.67. The summed E-state index contributed by atoms with van der Waals surface area (Å²) in [5, 5.41) is 5.05. The van der Waals surface area contributed by atoms with Crippen molar-refractivity contribution in [2.45, 2.75) is 6.42 Å². The lowest BCUT2D eigenvalue weighted by Crippen LogP contribution is -2.32. The maximum absolute atomic E-state index is 13.5. The number of halogens is 3. The van der Waals surface area contributed by atoms with Gasteiger partial charge in [-0.05, 0) is 65.9 Å². The number of hydrogen-bond acceptors (Lipinski definition) is 3. The molecule has 1 aliphatic heterocycles. The van der Waals surface area contributed by atoms with Crippen molar-refractivity contribution >= 4 is 57.7 Å². The molecule has 0 aliphatic carbocycles. The first kappa shape index (κ1) is 22.6. The van der Waals surface area contributed by atoms with Crippen LogP contribution in [-0.4, -0.2) is 18.4 Å². The van der Waals surface area contributed by atoms with E-state index in [-0.39, 0.29) is 21.5 Å². The summed E-state index contributed by atoms with van der Waals surface area (Å²) in [5.74, 6) is -1.37. The van der Waals surface area contributed by atoms with Crippen molar-refractivity contribution in [3.05, 3.63) is 105 Å². The third-order valence-corrected chi connectivity index (χ3v) is 7.30. The van der Waals surface area contributed by atoms with Crippen LogP contribution < -0.4 is 10.2 Å². The Bertz CT molecular complexity index is 1440. The van der Waals surface area contributed by atoms with Gasteiger partial charge in [-0.3, -0.25) is 9.59 Å². The molecule has 4 aromatic rings. The van der Waals surface area contributed by atoms with Gasteiger partial charge in [0.05, 0.1) is 26.9 Å². The normalized spacial score (nSPS) is 12.5. The number of rotatable bonds is 3. The number of anilines is 2. The van der Waals surface area contributed by atoms with E-state index in [9.17, 15) is 14.0 Å². The Morgan fingerprint density at radius 3 is 2.59 bits per heavy atom. The molecular formula is C26H17Cl2FN2O2S. The van der Waals surface area contributed by atoms with Crippen LogP contribution in [0.2, 0.25) is 10.0 Å². The minimum absolute atomic E-state index is 0.00610. The summed E-state index contributed by atoms with van der Waals surface area (Å²) in [5.41, 5.74) is 3.77. The second-order valence-electron chi connectivity index (χ2n) is 7.77. The first-order chi connectivity index (χ1) is 16.4. The van der Waals surface area contributed by atoms with E-state index < -0.39 is 11.7 Å². The van der Waals surface area contributed by atoms with E-state index in [2.05, 4.69) is 16.8 Å². The molecule has 0 radical (unpaired) electrons. The highest BCUT2D eigenvalue weighted by atomic mass is 35.5. The Labute approximate surface area is 209 Å². The van der Waals surface area contributed by atoms with Crippen LogP contribution in [0.1, 0.15) is 26.3 Å². The number of nitrogens with zero attached hydrogens (tertiary/aromatic N) is 1. The van der Waals surface area contributed by atoms with Crippen LogP contribution in [0.3, 0.4) is 0 Å². The molecule has 3 aromatic carbocycles. The van der Waals surface area contributed by atoms with E-state index in [4.69, 9.17) is 23.2 Å². The van der Waals surface area contributed by atoms with Crippen LogP contribution in [0.15, 0.2) is 72.1 Å². The van der Waals surface area contributed by atoms with Crippen molar-refractivity contribution in [3.8, 4) is 10.4 Å². The number of amides is 2. The van der Waals surface area contributed by atoms with Crippen molar-refractivity contribution in [1.29, 1.82) is 0 Å². The van der Waals surface area contributed by atoms with Gasteiger partial charge < -0.3 is 10.2 Å². The van der Waals surface area contributed by atoms with Crippen LogP contribution in [-0.2, 0) is 6.42 Å². The monoisotopic (exact) mass is 510 g/mol. The Kier molecular flexibility index (Phi) is 6.13. The molecule has 5 rings (SSSR count). The number of nitrogens with one attached hydrogen (secondary N) is 1. The molecule has 1 aliphatic rings. The summed E-state index contributed by atoms with van der Waals surface area (Å²) in [6, 6.07) is 18.2. The molecule has 0 fully saturated rings. The molecular weight excluding hydrogens is 494 g/mol. The first-order valence-electron chi connectivity index (χ1n) is 10.5. The number of carbonyl (C=O) groups is 2. The average molecular weight is 511 g/mol. The molecule has 1 N–H and O–H groups in total. The molecule has 0 saturated heterocycles. The topological polar surface area (TPSA) is 49.4 Å². The zero-order chi connectivity index (χ0) is 23.8. The van der Waals surface area contributed by atoms with Gasteiger partial charge in [-0.2, -0.15) is 0 Å². The van der Waals surface area contributed by atoms with Gasteiger partial charge in [0.15, 0.2) is 0 Å². The fraction of sp³-hybridized carbons (Fsp3) is 0.0769. The van der Waals surface area contributed by atoms with E-state index in [1.54, 1.807) is 28.4 Å². The molecule has 4 nitrogen and oxygen atoms in total. The molecule has 0 atom stereocenters. The standard InChI is InChI=1S/C26H17Cl2FN2O2S/c27-21-8-5-16(29)13-20(21)25(32)30-17-6-7-18(22(28)14-17)26(33)31-11-9-15-10-12-34-24(15)19-3-1-2-4-23(19)31/h1-8,10,12-14H,9,11H2,(H,30,32). The van der Waals surface area contributed by atoms with Crippen LogP contribution in [0.5, 0.6) is 0 Å². The van der Waals surface area contributed by atoms with Crippen molar-refractivity contribution in [3.63, 3.8) is 0 Å². The van der Waals surface area contributed by atoms with Gasteiger partial charge in [-0.1, -0.05) is 41.4 Å². The summed E-state index contributed by atoms with van der Waals surface area (Å²) in [7, 11) is 0. The Morgan fingerprint density at radius 2 is 1.76 bits per heavy atom. The number of thiophene rings is 1. The molecule has 1 aromatic heterocycles. The molecule has 8 heteroatoms. The van der Waals surface area contributed by atoms with Gasteiger partial charge in [0.25, 0.3) is 11.8 Å². The molecule has 34 heavy (non-hydrogen) atoms. The van der Waals surface area contributed by atoms with Gasteiger partial charge in [0.2, 0.25) is 0 Å². The highest BCUT2D eigenvalue weighted by Gasteiger charge is 2.27. The van der Waals surface area contributed by atoms with Gasteiger partial charge in [-0.25, -0.2) is 4.39 Å². The van der Waals surface area contributed by atoms with Crippen LogP contribution in [0, 0.1) is 5.82 Å². The van der Waals surface area contributed by atoms with Crippen LogP contribution >= 0.6 is 34.5 Å². The second kappa shape index (κ2) is 9.22. The van der Waals surface area contributed by atoms with Gasteiger partial charge in [0.1, 0.15) is 5.82 Å². The number of carbonyl (C=O) groups excluding carboxylic acids is 2. The fourth-order valence-electron chi connectivity index (χ4n) is 4.02. The maximum atomic E-state index is 13.5. The molecule has 0 bridgehead atoms. The molecule has 2 heterocycles. The van der Waals surface area contributed by atoms with Gasteiger partial charge in [0, 0.05) is 22.7 Å². The Morgan fingerprint density at radius 1 is 0.941 bits per heavy atom. The quantitative estimate of drug-likeness (QED) is 0.314. The summed E-state index contributed by atoms with van der Waals surface area (Å²) >= 11 is 14.2. The van der Waals surface area contributed by atoms with Gasteiger partial charge in [-0.15, -0.1) is 11.3 Å². The van der Waals surface area contributed by atoms with Crippen molar-refractivity contribution in [2.24, 2.45) is 0 Å². The Hall–Kier alpha value is -3.19. The zero-order valence-electron chi connectivity index (χ0n) is 17.6. The van der Waals surface area contributed by atoms with Crippen molar-refractivity contribution in [2.75, 3.05) is 16.8 Å². The summed E-state index contributed by atoms with van der Waals surface area (Å²) in [6.45, 7) is 0.520. The van der Waals surface area contributed by atoms with E-state index in [0.29, 0.717) is 17.8 Å². The van der Waals surface area contributed by atoms with Gasteiger partial charge >= 0.3 is 0 Å². The first-order valence-corrected chi connectivity index (χ1v) is 12.1. The number of benzene rings is 3. The maximum Gasteiger partial charge on any atom is 0.259 e. The number of hydrogen-bond donors (Lipinski definition) is 1. The minimum atomic E-state index is -0.577. The minimum Gasteiger partial charge on any atom is -0.322 e. The van der Waals surface area contributed by atoms with Crippen LogP contribution in [0.4, 0.5) is 15.8 Å². The van der Waals surface area contributed by atoms with E-state index >= 15 is 0 Å². The largest absolute Gasteiger partial charge is 0.322 e. The number of para-hydroxylation sites is 1. The summed E-state index contributed by atoms with van der Waals surface area (Å²) in [4.78, 5) is 29.0. The molecule has 0 saturated carbocycles. The summed E-state index contributed by atoms with van der Waals surface area (Å²) < 4.78 is 13.5. The van der Waals surface area contributed by atoms with Crippen molar-refractivity contribution < 1.29 is 14.0 Å². The highest BCUT2D eigenvalue weighted by Crippen LogP contribution is 2.40. The lowest BCUT2D eigenvalue weighted by molar-refractivity contribution is 0.0986.